The van der Waals surface area contributed by atoms with Crippen LogP contribution in [0.5, 0.6) is 0 Å². The molecule has 2 aromatic rings. The van der Waals surface area contributed by atoms with Crippen molar-refractivity contribution in [3.8, 4) is 0 Å². The highest BCUT2D eigenvalue weighted by molar-refractivity contribution is 6.21. The lowest BCUT2D eigenvalue weighted by molar-refractivity contribution is 0.0647. The SMILES string of the molecule is Nc1cnn(CCN2C(=O)c3ccncc3C2=O)c1. The van der Waals surface area contributed by atoms with Crippen LogP contribution in [0.4, 0.5) is 5.69 Å². The molecule has 0 atom stereocenters. The molecule has 0 aromatic carbocycles. The van der Waals surface area contributed by atoms with Crippen LogP contribution in [0.2, 0.25) is 0 Å². The van der Waals surface area contributed by atoms with Gasteiger partial charge in [-0.25, -0.2) is 0 Å². The predicted molar refractivity (Wildman–Crippen MR) is 66.2 cm³/mol. The number of carbonyl (C=O) groups excluding carboxylic acids is 2. The average Bonchev–Trinajstić information content (AvgIpc) is 2.93. The second-order valence-corrected chi connectivity index (χ2v) is 4.22. The molecule has 3 heterocycles. The molecule has 1 aliphatic rings. The molecular weight excluding hydrogens is 246 g/mol. The summed E-state index contributed by atoms with van der Waals surface area (Å²) in [5.74, 6) is -0.601. The molecule has 7 heteroatoms. The number of nitrogens with two attached hydrogens (primary N) is 1. The first-order valence-electron chi connectivity index (χ1n) is 5.75. The Kier molecular flexibility index (Phi) is 2.52. The number of anilines is 1. The van der Waals surface area contributed by atoms with Gasteiger partial charge < -0.3 is 5.73 Å². The van der Waals surface area contributed by atoms with Crippen LogP contribution in [0.1, 0.15) is 20.7 Å². The Morgan fingerprint density at radius 1 is 1.11 bits per heavy atom. The predicted octanol–water partition coefficient (Wildman–Crippen LogP) is 0.156. The van der Waals surface area contributed by atoms with Gasteiger partial charge in [0.15, 0.2) is 0 Å². The number of nitrogens with zero attached hydrogens (tertiary/aromatic N) is 4. The van der Waals surface area contributed by atoms with Gasteiger partial charge in [-0.3, -0.25) is 24.2 Å². The first-order chi connectivity index (χ1) is 9.16. The molecular formula is C12H11N5O2. The Hall–Kier alpha value is -2.70. The summed E-state index contributed by atoms with van der Waals surface area (Å²) < 4.78 is 1.59. The van der Waals surface area contributed by atoms with Gasteiger partial charge in [-0.15, -0.1) is 0 Å². The maximum Gasteiger partial charge on any atom is 0.263 e. The molecule has 3 rings (SSSR count). The fraction of sp³-hybridized carbons (Fsp3) is 0.167. The molecule has 2 N–H and O–H groups in total. The van der Waals surface area contributed by atoms with Crippen molar-refractivity contribution in [1.82, 2.24) is 19.7 Å². The van der Waals surface area contributed by atoms with Crippen molar-refractivity contribution >= 4 is 17.5 Å². The zero-order valence-electron chi connectivity index (χ0n) is 9.98. The number of fused-ring (bicyclic) bond motifs is 1. The summed E-state index contributed by atoms with van der Waals surface area (Å²) in [6.07, 6.45) is 6.09. The standard InChI is InChI=1S/C12H11N5O2/c13-8-5-15-16(7-8)3-4-17-11(18)9-1-2-14-6-10(9)12(17)19/h1-2,5-7H,3-4,13H2. The highest BCUT2D eigenvalue weighted by atomic mass is 16.2. The molecule has 2 amide bonds. The molecule has 0 bridgehead atoms. The third-order valence-electron chi connectivity index (χ3n) is 2.98. The topological polar surface area (TPSA) is 94.1 Å². The molecule has 0 fully saturated rings. The number of carbonyl (C=O) groups is 2. The first-order valence-corrected chi connectivity index (χ1v) is 5.75. The van der Waals surface area contributed by atoms with Crippen molar-refractivity contribution in [3.05, 3.63) is 42.0 Å². The number of pyridine rings is 1. The van der Waals surface area contributed by atoms with Gasteiger partial charge in [0.25, 0.3) is 11.8 Å². The quantitative estimate of drug-likeness (QED) is 0.790. The molecule has 0 unspecified atom stereocenters. The number of rotatable bonds is 3. The van der Waals surface area contributed by atoms with Crippen molar-refractivity contribution < 1.29 is 9.59 Å². The minimum Gasteiger partial charge on any atom is -0.396 e. The minimum atomic E-state index is -0.312. The summed E-state index contributed by atoms with van der Waals surface area (Å²) in [6, 6.07) is 1.56. The second-order valence-electron chi connectivity index (χ2n) is 4.22. The van der Waals surface area contributed by atoms with Crippen LogP contribution in [0.3, 0.4) is 0 Å². The van der Waals surface area contributed by atoms with Crippen molar-refractivity contribution in [1.29, 1.82) is 0 Å². The number of aromatic nitrogens is 3. The van der Waals surface area contributed by atoms with E-state index in [9.17, 15) is 9.59 Å². The third kappa shape index (κ3) is 1.85. The molecule has 1 aliphatic heterocycles. The normalized spacial score (nSPS) is 14.0. The van der Waals surface area contributed by atoms with E-state index in [1.165, 1.54) is 23.5 Å². The van der Waals surface area contributed by atoms with E-state index in [0.29, 0.717) is 23.4 Å². The maximum absolute atomic E-state index is 12.1. The fourth-order valence-corrected chi connectivity index (χ4v) is 2.04. The van der Waals surface area contributed by atoms with Crippen LogP contribution in [-0.4, -0.2) is 38.0 Å². The van der Waals surface area contributed by atoms with Crippen LogP contribution >= 0.6 is 0 Å². The molecule has 0 aliphatic carbocycles. The zero-order valence-corrected chi connectivity index (χ0v) is 9.98. The molecule has 19 heavy (non-hydrogen) atoms. The molecule has 2 aromatic heterocycles. The highest BCUT2D eigenvalue weighted by Gasteiger charge is 2.35. The first kappa shape index (κ1) is 11.4. The zero-order chi connectivity index (χ0) is 13.4. The number of amides is 2. The molecule has 0 spiro atoms. The molecule has 0 radical (unpaired) electrons. The van der Waals surface area contributed by atoms with E-state index in [1.807, 2.05) is 0 Å². The maximum atomic E-state index is 12.1. The summed E-state index contributed by atoms with van der Waals surface area (Å²) in [6.45, 7) is 0.670. The summed E-state index contributed by atoms with van der Waals surface area (Å²) in [4.78, 5) is 29.2. The Morgan fingerprint density at radius 2 is 1.89 bits per heavy atom. The highest BCUT2D eigenvalue weighted by Crippen LogP contribution is 2.21. The van der Waals surface area contributed by atoms with Crippen LogP contribution in [-0.2, 0) is 6.54 Å². The van der Waals surface area contributed by atoms with E-state index in [4.69, 9.17) is 5.73 Å². The molecule has 96 valence electrons. The Balaban J connectivity index is 1.77. The van der Waals surface area contributed by atoms with Crippen molar-refractivity contribution in [3.63, 3.8) is 0 Å². The Morgan fingerprint density at radius 3 is 2.58 bits per heavy atom. The summed E-state index contributed by atoms with van der Waals surface area (Å²) >= 11 is 0. The van der Waals surface area contributed by atoms with Crippen molar-refractivity contribution in [2.24, 2.45) is 0 Å². The monoisotopic (exact) mass is 257 g/mol. The fourth-order valence-electron chi connectivity index (χ4n) is 2.04. The third-order valence-corrected chi connectivity index (χ3v) is 2.98. The van der Waals surface area contributed by atoms with Gasteiger partial charge in [-0.05, 0) is 6.07 Å². The second kappa shape index (κ2) is 4.20. The van der Waals surface area contributed by atoms with Crippen molar-refractivity contribution in [2.75, 3.05) is 12.3 Å². The molecule has 0 saturated heterocycles. The lowest BCUT2D eigenvalue weighted by atomic mass is 10.2. The van der Waals surface area contributed by atoms with Gasteiger partial charge in [0, 0.05) is 25.1 Å². The number of nitrogen functional groups attached to an aromatic ring is 1. The van der Waals surface area contributed by atoms with Gasteiger partial charge in [-0.1, -0.05) is 0 Å². The van der Waals surface area contributed by atoms with Gasteiger partial charge in [0.2, 0.25) is 0 Å². The average molecular weight is 257 g/mol. The van der Waals surface area contributed by atoms with Gasteiger partial charge in [-0.2, -0.15) is 5.10 Å². The number of imide groups is 1. The lowest BCUT2D eigenvalue weighted by Crippen LogP contribution is -2.33. The molecule has 0 saturated carbocycles. The Labute approximate surface area is 108 Å². The van der Waals surface area contributed by atoms with Crippen LogP contribution < -0.4 is 5.73 Å². The van der Waals surface area contributed by atoms with Crippen LogP contribution in [0, 0.1) is 0 Å². The van der Waals surface area contributed by atoms with E-state index in [2.05, 4.69) is 10.1 Å². The summed E-state index contributed by atoms with van der Waals surface area (Å²) in [5, 5.41) is 4.01. The summed E-state index contributed by atoms with van der Waals surface area (Å²) in [7, 11) is 0. The number of hydrogen-bond donors (Lipinski definition) is 1. The number of hydrogen-bond acceptors (Lipinski definition) is 5. The van der Waals surface area contributed by atoms with Crippen LogP contribution in [0.15, 0.2) is 30.9 Å². The lowest BCUT2D eigenvalue weighted by Gasteiger charge is -2.13. The van der Waals surface area contributed by atoms with Crippen molar-refractivity contribution in [2.45, 2.75) is 6.54 Å². The summed E-state index contributed by atoms with van der Waals surface area (Å²) in [5.41, 5.74) is 6.85. The van der Waals surface area contributed by atoms with Crippen LogP contribution in [0.25, 0.3) is 0 Å². The smallest absolute Gasteiger partial charge is 0.263 e. The van der Waals surface area contributed by atoms with E-state index in [-0.39, 0.29) is 18.4 Å². The van der Waals surface area contributed by atoms with E-state index < -0.39 is 0 Å². The minimum absolute atomic E-state index is 0.257. The van der Waals surface area contributed by atoms with E-state index >= 15 is 0 Å². The largest absolute Gasteiger partial charge is 0.396 e. The van der Waals surface area contributed by atoms with Gasteiger partial charge in [0.1, 0.15) is 0 Å². The van der Waals surface area contributed by atoms with Gasteiger partial charge in [0.05, 0.1) is 29.6 Å². The van der Waals surface area contributed by atoms with E-state index in [1.54, 1.807) is 16.9 Å². The van der Waals surface area contributed by atoms with Gasteiger partial charge >= 0.3 is 0 Å². The Bertz CT molecular complexity index is 629. The van der Waals surface area contributed by atoms with E-state index in [0.717, 1.165) is 0 Å². The molecule has 7 nitrogen and oxygen atoms in total.